The normalized spacial score (nSPS) is 12.3. The third-order valence-corrected chi connectivity index (χ3v) is 3.43. The van der Waals surface area contributed by atoms with E-state index in [0.29, 0.717) is 18.3 Å². The molecule has 0 fully saturated rings. The predicted molar refractivity (Wildman–Crippen MR) is 83.1 cm³/mol. The Hall–Kier alpha value is -2.11. The highest BCUT2D eigenvalue weighted by Gasteiger charge is 2.17. The fourth-order valence-corrected chi connectivity index (χ4v) is 2.46. The summed E-state index contributed by atoms with van der Waals surface area (Å²) in [4.78, 5) is 0. The molecule has 2 N–H and O–H groups in total. The van der Waals surface area contributed by atoms with E-state index in [1.807, 2.05) is 29.8 Å². The number of nitrogens with zero attached hydrogens (tertiary/aromatic N) is 4. The number of anilines is 1. The summed E-state index contributed by atoms with van der Waals surface area (Å²) in [6.07, 6.45) is 3.14. The first-order chi connectivity index (χ1) is 10.2. The van der Waals surface area contributed by atoms with E-state index in [1.54, 1.807) is 0 Å². The topological polar surface area (TPSA) is 78.9 Å². The molecule has 6 nitrogen and oxygen atoms in total. The van der Waals surface area contributed by atoms with Gasteiger partial charge in [0.15, 0.2) is 5.82 Å². The molecule has 0 bridgehead atoms. The molecule has 1 unspecified atom stereocenters. The molecule has 2 aromatic rings. The van der Waals surface area contributed by atoms with Gasteiger partial charge >= 0.3 is 0 Å². The lowest BCUT2D eigenvalue weighted by Crippen LogP contribution is -2.11. The van der Waals surface area contributed by atoms with Crippen LogP contribution in [-0.2, 0) is 0 Å². The second-order valence-electron chi connectivity index (χ2n) is 5.02. The quantitative estimate of drug-likeness (QED) is 0.792. The molecule has 0 saturated carbocycles. The molecule has 1 atom stereocenters. The molecule has 0 spiro atoms. The number of tetrazole rings is 1. The molecule has 1 aromatic heterocycles. The van der Waals surface area contributed by atoms with Crippen molar-refractivity contribution in [1.82, 2.24) is 20.2 Å². The minimum atomic E-state index is 0.303. The maximum atomic E-state index is 5.96. The lowest BCUT2D eigenvalue weighted by atomic mass is 10.1. The molecule has 0 radical (unpaired) electrons. The standard InChI is InChI=1S/C15H23N5O/c1-4-7-13(5-2)20-15(17-18-19-20)11-8-12(16)10-14(9-11)21-6-3/h8-10,13H,4-7,16H2,1-3H3. The number of nitrogen functional groups attached to an aromatic ring is 1. The summed E-state index contributed by atoms with van der Waals surface area (Å²) in [6.45, 7) is 6.86. The molecule has 21 heavy (non-hydrogen) atoms. The molecule has 0 aliphatic carbocycles. The van der Waals surface area contributed by atoms with Gasteiger partial charge in [0.2, 0.25) is 0 Å². The van der Waals surface area contributed by atoms with Gasteiger partial charge in [0.05, 0.1) is 12.6 Å². The van der Waals surface area contributed by atoms with E-state index < -0.39 is 0 Å². The fourth-order valence-electron chi connectivity index (χ4n) is 2.46. The zero-order chi connectivity index (χ0) is 15.2. The van der Waals surface area contributed by atoms with Crippen LogP contribution in [0.2, 0.25) is 0 Å². The van der Waals surface area contributed by atoms with E-state index in [9.17, 15) is 0 Å². The summed E-state index contributed by atoms with van der Waals surface area (Å²) in [7, 11) is 0. The molecule has 2 rings (SSSR count). The smallest absolute Gasteiger partial charge is 0.182 e. The Labute approximate surface area is 125 Å². The van der Waals surface area contributed by atoms with E-state index in [4.69, 9.17) is 10.5 Å². The molecule has 6 heteroatoms. The highest BCUT2D eigenvalue weighted by atomic mass is 16.5. The van der Waals surface area contributed by atoms with Gasteiger partial charge < -0.3 is 10.5 Å². The van der Waals surface area contributed by atoms with Crippen molar-refractivity contribution in [2.75, 3.05) is 12.3 Å². The molecular weight excluding hydrogens is 266 g/mol. The van der Waals surface area contributed by atoms with E-state index in [1.165, 1.54) is 0 Å². The van der Waals surface area contributed by atoms with Crippen LogP contribution in [0.1, 0.15) is 46.1 Å². The average molecular weight is 289 g/mol. The first-order valence-electron chi connectivity index (χ1n) is 7.51. The monoisotopic (exact) mass is 289 g/mol. The molecule has 0 aliphatic heterocycles. The van der Waals surface area contributed by atoms with Crippen LogP contribution in [-0.4, -0.2) is 26.8 Å². The number of ether oxygens (including phenoxy) is 1. The highest BCUT2D eigenvalue weighted by molar-refractivity contribution is 5.64. The van der Waals surface area contributed by atoms with Crippen LogP contribution in [0.5, 0.6) is 5.75 Å². The van der Waals surface area contributed by atoms with Crippen LogP contribution >= 0.6 is 0 Å². The Morgan fingerprint density at radius 2 is 2.05 bits per heavy atom. The minimum absolute atomic E-state index is 0.303. The van der Waals surface area contributed by atoms with E-state index in [2.05, 4.69) is 29.4 Å². The van der Waals surface area contributed by atoms with Crippen molar-refractivity contribution >= 4 is 5.69 Å². The summed E-state index contributed by atoms with van der Waals surface area (Å²) in [5, 5.41) is 12.2. The Bertz CT molecular complexity index is 581. The number of nitrogens with two attached hydrogens (primary N) is 1. The van der Waals surface area contributed by atoms with E-state index >= 15 is 0 Å². The molecule has 1 heterocycles. The zero-order valence-electron chi connectivity index (χ0n) is 12.9. The minimum Gasteiger partial charge on any atom is -0.494 e. The van der Waals surface area contributed by atoms with Gasteiger partial charge in [0, 0.05) is 17.3 Å². The van der Waals surface area contributed by atoms with Gasteiger partial charge in [0.1, 0.15) is 5.75 Å². The maximum absolute atomic E-state index is 5.96. The van der Waals surface area contributed by atoms with Crippen molar-refractivity contribution in [1.29, 1.82) is 0 Å². The maximum Gasteiger partial charge on any atom is 0.182 e. The average Bonchev–Trinajstić information content (AvgIpc) is 2.93. The Morgan fingerprint density at radius 3 is 2.71 bits per heavy atom. The summed E-state index contributed by atoms with van der Waals surface area (Å²) >= 11 is 0. The number of benzene rings is 1. The van der Waals surface area contributed by atoms with Crippen molar-refractivity contribution in [3.8, 4) is 17.1 Å². The van der Waals surface area contributed by atoms with Gasteiger partial charge in [0.25, 0.3) is 0 Å². The first kappa shape index (κ1) is 15.3. The van der Waals surface area contributed by atoms with Crippen molar-refractivity contribution in [2.45, 2.75) is 46.1 Å². The summed E-state index contributed by atoms with van der Waals surface area (Å²) in [5.41, 5.74) is 7.49. The molecule has 114 valence electrons. The molecule has 0 aliphatic rings. The summed E-state index contributed by atoms with van der Waals surface area (Å²) < 4.78 is 7.44. The Morgan fingerprint density at radius 1 is 1.24 bits per heavy atom. The van der Waals surface area contributed by atoms with Gasteiger partial charge in [-0.1, -0.05) is 20.3 Å². The molecule has 0 amide bonds. The van der Waals surface area contributed by atoms with Crippen LogP contribution in [0.4, 0.5) is 5.69 Å². The SMILES string of the molecule is CCCC(CC)n1nnnc1-c1cc(N)cc(OCC)c1. The van der Waals surface area contributed by atoms with Crippen molar-refractivity contribution < 1.29 is 4.74 Å². The molecule has 1 aromatic carbocycles. The lowest BCUT2D eigenvalue weighted by molar-refractivity contribution is 0.340. The van der Waals surface area contributed by atoms with Gasteiger partial charge in [-0.05, 0) is 42.3 Å². The fraction of sp³-hybridized carbons (Fsp3) is 0.533. The third kappa shape index (κ3) is 3.51. The second-order valence-corrected chi connectivity index (χ2v) is 5.02. The van der Waals surface area contributed by atoms with Crippen LogP contribution in [0.3, 0.4) is 0 Å². The Balaban J connectivity index is 2.40. The first-order valence-corrected chi connectivity index (χ1v) is 7.51. The molecule has 0 saturated heterocycles. The van der Waals surface area contributed by atoms with Crippen molar-refractivity contribution in [2.24, 2.45) is 0 Å². The highest BCUT2D eigenvalue weighted by Crippen LogP contribution is 2.28. The largest absolute Gasteiger partial charge is 0.494 e. The second kappa shape index (κ2) is 7.06. The van der Waals surface area contributed by atoms with Gasteiger partial charge in [-0.2, -0.15) is 0 Å². The van der Waals surface area contributed by atoms with Gasteiger partial charge in [-0.25, -0.2) is 4.68 Å². The van der Waals surface area contributed by atoms with Crippen molar-refractivity contribution in [3.63, 3.8) is 0 Å². The predicted octanol–water partition coefficient (Wildman–Crippen LogP) is 3.07. The number of hydrogen-bond donors (Lipinski definition) is 1. The van der Waals surface area contributed by atoms with E-state index in [-0.39, 0.29) is 0 Å². The summed E-state index contributed by atoms with van der Waals surface area (Å²) in [5.74, 6) is 1.48. The lowest BCUT2D eigenvalue weighted by Gasteiger charge is -2.16. The number of rotatable bonds is 7. The van der Waals surface area contributed by atoms with Crippen LogP contribution in [0.25, 0.3) is 11.4 Å². The number of aromatic nitrogens is 4. The number of hydrogen-bond acceptors (Lipinski definition) is 5. The zero-order valence-corrected chi connectivity index (χ0v) is 12.9. The van der Waals surface area contributed by atoms with Gasteiger partial charge in [-0.3, -0.25) is 0 Å². The molecular formula is C15H23N5O. The van der Waals surface area contributed by atoms with Crippen LogP contribution < -0.4 is 10.5 Å². The third-order valence-electron chi connectivity index (χ3n) is 3.43. The van der Waals surface area contributed by atoms with Crippen LogP contribution in [0.15, 0.2) is 18.2 Å². The van der Waals surface area contributed by atoms with Gasteiger partial charge in [-0.15, -0.1) is 5.10 Å². The van der Waals surface area contributed by atoms with E-state index in [0.717, 1.165) is 36.4 Å². The van der Waals surface area contributed by atoms with Crippen LogP contribution in [0, 0.1) is 0 Å². The van der Waals surface area contributed by atoms with Crippen molar-refractivity contribution in [3.05, 3.63) is 18.2 Å². The Kier molecular flexibility index (Phi) is 5.14. The summed E-state index contributed by atoms with van der Waals surface area (Å²) in [6, 6.07) is 5.92.